The van der Waals surface area contributed by atoms with Crippen molar-refractivity contribution in [3.8, 4) is 5.75 Å². The monoisotopic (exact) mass is 364 g/mol. The lowest BCUT2D eigenvalue weighted by atomic mass is 10.0. The zero-order valence-corrected chi connectivity index (χ0v) is 14.2. The molecule has 0 radical (unpaired) electrons. The van der Waals surface area contributed by atoms with E-state index in [2.05, 4.69) is 40.2 Å². The Hall–Kier alpha value is -0.970. The number of halogens is 1. The zero-order chi connectivity index (χ0) is 14.8. The summed E-state index contributed by atoms with van der Waals surface area (Å²) in [6.45, 7) is 0. The average Bonchev–Trinajstić information content (AvgIpc) is 2.91. The van der Waals surface area contributed by atoms with Gasteiger partial charge in [-0.25, -0.2) is 0 Å². The molecule has 0 aromatic heterocycles. The van der Waals surface area contributed by atoms with Gasteiger partial charge in [-0.3, -0.25) is 0 Å². The number of aliphatic hydroxyl groups is 1. The summed E-state index contributed by atoms with van der Waals surface area (Å²) in [7, 11) is 1.65. The second-order valence-corrected chi connectivity index (χ2v) is 7.34. The summed E-state index contributed by atoms with van der Waals surface area (Å²) in [4.78, 5) is 1.30. The molecule has 2 atom stereocenters. The molecule has 2 unspecified atom stereocenters. The van der Waals surface area contributed by atoms with Crippen molar-refractivity contribution in [2.75, 3.05) is 7.11 Å². The average molecular weight is 365 g/mol. The molecule has 2 aromatic rings. The van der Waals surface area contributed by atoms with Crippen LogP contribution in [0.5, 0.6) is 5.75 Å². The number of benzene rings is 2. The fourth-order valence-electron chi connectivity index (χ4n) is 2.63. The first-order valence-electron chi connectivity index (χ1n) is 6.92. The standard InChI is InChI=1S/C17H17BrO2S/c1-20-15-7-6-11(8-13(15)18)9-14(19)17-10-12-4-2-3-5-16(12)21-17/h2-8,14,17,19H,9-10H2,1H3. The van der Waals surface area contributed by atoms with Gasteiger partial charge in [0.2, 0.25) is 0 Å². The first kappa shape index (κ1) is 14.9. The van der Waals surface area contributed by atoms with E-state index >= 15 is 0 Å². The third-order valence-electron chi connectivity index (χ3n) is 3.76. The first-order valence-corrected chi connectivity index (χ1v) is 8.59. The van der Waals surface area contributed by atoms with Gasteiger partial charge < -0.3 is 9.84 Å². The molecule has 3 rings (SSSR count). The molecule has 21 heavy (non-hydrogen) atoms. The molecule has 0 saturated heterocycles. The molecule has 0 saturated carbocycles. The van der Waals surface area contributed by atoms with Crippen molar-refractivity contribution in [2.45, 2.75) is 29.1 Å². The Morgan fingerprint density at radius 2 is 2.14 bits per heavy atom. The predicted octanol–water partition coefficient (Wildman–Crippen LogP) is 4.08. The van der Waals surface area contributed by atoms with Gasteiger partial charge in [-0.1, -0.05) is 24.3 Å². The number of hydrogen-bond acceptors (Lipinski definition) is 3. The molecule has 2 aromatic carbocycles. The van der Waals surface area contributed by atoms with Crippen LogP contribution in [0, 0.1) is 0 Å². The largest absolute Gasteiger partial charge is 0.496 e. The Bertz CT molecular complexity index is 619. The highest BCUT2D eigenvalue weighted by molar-refractivity contribution is 9.10. The smallest absolute Gasteiger partial charge is 0.133 e. The normalized spacial score (nSPS) is 18.3. The lowest BCUT2D eigenvalue weighted by Gasteiger charge is -2.17. The predicted molar refractivity (Wildman–Crippen MR) is 90.2 cm³/mol. The Labute approximate surface area is 137 Å². The Morgan fingerprint density at radius 1 is 1.33 bits per heavy atom. The lowest BCUT2D eigenvalue weighted by molar-refractivity contribution is 0.172. The summed E-state index contributed by atoms with van der Waals surface area (Å²) in [5, 5.41) is 10.8. The van der Waals surface area contributed by atoms with Crippen molar-refractivity contribution < 1.29 is 9.84 Å². The zero-order valence-electron chi connectivity index (χ0n) is 11.8. The van der Waals surface area contributed by atoms with Gasteiger partial charge in [0.15, 0.2) is 0 Å². The third-order valence-corrected chi connectivity index (χ3v) is 5.82. The molecule has 1 aliphatic heterocycles. The van der Waals surface area contributed by atoms with Gasteiger partial charge in [-0.15, -0.1) is 11.8 Å². The van der Waals surface area contributed by atoms with Crippen LogP contribution in [-0.4, -0.2) is 23.6 Å². The van der Waals surface area contributed by atoms with Crippen LogP contribution in [0.4, 0.5) is 0 Å². The van der Waals surface area contributed by atoms with Crippen LogP contribution in [0.1, 0.15) is 11.1 Å². The maximum absolute atomic E-state index is 10.5. The summed E-state index contributed by atoms with van der Waals surface area (Å²) in [5.41, 5.74) is 2.47. The summed E-state index contributed by atoms with van der Waals surface area (Å²) in [6.07, 6.45) is 1.26. The van der Waals surface area contributed by atoms with Crippen LogP contribution in [0.3, 0.4) is 0 Å². The van der Waals surface area contributed by atoms with Crippen LogP contribution in [-0.2, 0) is 12.8 Å². The molecule has 1 heterocycles. The van der Waals surface area contributed by atoms with E-state index < -0.39 is 0 Å². The highest BCUT2D eigenvalue weighted by atomic mass is 79.9. The lowest BCUT2D eigenvalue weighted by Crippen LogP contribution is -2.24. The summed E-state index contributed by atoms with van der Waals surface area (Å²) in [5.74, 6) is 0.816. The van der Waals surface area contributed by atoms with E-state index in [1.165, 1.54) is 10.5 Å². The van der Waals surface area contributed by atoms with Crippen molar-refractivity contribution in [1.82, 2.24) is 0 Å². The fraction of sp³-hybridized carbons (Fsp3) is 0.294. The summed E-state index contributed by atoms with van der Waals surface area (Å²) < 4.78 is 6.16. The topological polar surface area (TPSA) is 29.5 Å². The molecule has 1 N–H and O–H groups in total. The number of ether oxygens (including phenoxy) is 1. The van der Waals surface area contributed by atoms with E-state index in [0.717, 1.165) is 22.2 Å². The quantitative estimate of drug-likeness (QED) is 0.886. The van der Waals surface area contributed by atoms with Gasteiger partial charge in [-0.2, -0.15) is 0 Å². The molecular formula is C17H17BrO2S. The van der Waals surface area contributed by atoms with E-state index in [1.54, 1.807) is 18.9 Å². The van der Waals surface area contributed by atoms with Crippen LogP contribution < -0.4 is 4.74 Å². The summed E-state index contributed by atoms with van der Waals surface area (Å²) >= 11 is 5.28. The third kappa shape index (κ3) is 3.28. The molecule has 110 valence electrons. The minimum Gasteiger partial charge on any atom is -0.496 e. The van der Waals surface area contributed by atoms with Crippen LogP contribution in [0.25, 0.3) is 0 Å². The molecule has 0 amide bonds. The Morgan fingerprint density at radius 3 is 2.86 bits per heavy atom. The van der Waals surface area contributed by atoms with Gasteiger partial charge >= 0.3 is 0 Å². The van der Waals surface area contributed by atoms with Gasteiger partial charge in [0, 0.05) is 10.1 Å². The first-order chi connectivity index (χ1) is 10.2. The van der Waals surface area contributed by atoms with Gasteiger partial charge in [0.05, 0.1) is 17.7 Å². The molecule has 4 heteroatoms. The van der Waals surface area contributed by atoms with Crippen LogP contribution >= 0.6 is 27.7 Å². The number of thioether (sulfide) groups is 1. The van der Waals surface area contributed by atoms with Gasteiger partial charge in [0.25, 0.3) is 0 Å². The second kappa shape index (κ2) is 6.42. The second-order valence-electron chi connectivity index (χ2n) is 5.21. The van der Waals surface area contributed by atoms with Crippen molar-refractivity contribution >= 4 is 27.7 Å². The van der Waals surface area contributed by atoms with Crippen molar-refractivity contribution in [3.05, 3.63) is 58.1 Å². The highest BCUT2D eigenvalue weighted by Gasteiger charge is 2.28. The molecule has 0 bridgehead atoms. The van der Waals surface area contributed by atoms with E-state index in [0.29, 0.717) is 6.42 Å². The van der Waals surface area contributed by atoms with Gasteiger partial charge in [0.1, 0.15) is 5.75 Å². The molecule has 0 aliphatic carbocycles. The van der Waals surface area contributed by atoms with Crippen molar-refractivity contribution in [3.63, 3.8) is 0 Å². The highest BCUT2D eigenvalue weighted by Crippen LogP contribution is 2.39. The number of methoxy groups -OCH3 is 1. The maximum atomic E-state index is 10.5. The number of hydrogen-bond donors (Lipinski definition) is 1. The van der Waals surface area contributed by atoms with Crippen molar-refractivity contribution in [1.29, 1.82) is 0 Å². The molecular weight excluding hydrogens is 348 g/mol. The molecule has 1 aliphatic rings. The number of fused-ring (bicyclic) bond motifs is 1. The van der Waals surface area contributed by atoms with E-state index in [4.69, 9.17) is 4.74 Å². The van der Waals surface area contributed by atoms with E-state index in [9.17, 15) is 5.11 Å². The maximum Gasteiger partial charge on any atom is 0.133 e. The molecule has 0 fully saturated rings. The molecule has 0 spiro atoms. The van der Waals surface area contributed by atoms with Crippen LogP contribution in [0.2, 0.25) is 0 Å². The van der Waals surface area contributed by atoms with Crippen LogP contribution in [0.15, 0.2) is 51.8 Å². The number of aliphatic hydroxyl groups excluding tert-OH is 1. The minimum atomic E-state index is -0.345. The van der Waals surface area contributed by atoms with E-state index in [-0.39, 0.29) is 11.4 Å². The van der Waals surface area contributed by atoms with E-state index in [1.807, 2.05) is 18.2 Å². The number of rotatable bonds is 4. The minimum absolute atomic E-state index is 0.239. The summed E-state index contributed by atoms with van der Waals surface area (Å²) in [6, 6.07) is 14.4. The molecule has 2 nitrogen and oxygen atoms in total. The fourth-order valence-corrected chi connectivity index (χ4v) is 4.52. The van der Waals surface area contributed by atoms with Gasteiger partial charge in [-0.05, 0) is 58.1 Å². The SMILES string of the molecule is COc1ccc(CC(O)C2Cc3ccccc3S2)cc1Br. The Kier molecular flexibility index (Phi) is 4.57. The Balaban J connectivity index is 1.68. The van der Waals surface area contributed by atoms with Crippen molar-refractivity contribution in [2.24, 2.45) is 0 Å².